The van der Waals surface area contributed by atoms with Crippen LogP contribution in [0, 0.1) is 6.92 Å². The first-order valence-corrected chi connectivity index (χ1v) is 7.87. The van der Waals surface area contributed by atoms with Crippen LogP contribution < -0.4 is 14.8 Å². The number of halogens is 1. The molecule has 0 bridgehead atoms. The lowest BCUT2D eigenvalue weighted by Gasteiger charge is -2.15. The van der Waals surface area contributed by atoms with E-state index in [4.69, 9.17) is 21.1 Å². The second kappa shape index (κ2) is 7.11. The summed E-state index contributed by atoms with van der Waals surface area (Å²) in [5, 5.41) is 7.13. The molecule has 1 N–H and O–H groups in total. The van der Waals surface area contributed by atoms with Gasteiger partial charge in [0.1, 0.15) is 5.01 Å². The molecule has 1 atom stereocenters. The first kappa shape index (κ1) is 16.1. The third-order valence-electron chi connectivity index (χ3n) is 3.17. The molecule has 0 aliphatic carbocycles. The summed E-state index contributed by atoms with van der Waals surface area (Å²) in [4.78, 5) is 4.48. The van der Waals surface area contributed by atoms with E-state index in [1.165, 1.54) is 0 Å². The number of nitrogens with one attached hydrogen (secondary N) is 1. The van der Waals surface area contributed by atoms with Crippen molar-refractivity contribution in [1.29, 1.82) is 0 Å². The van der Waals surface area contributed by atoms with Crippen LogP contribution in [0.25, 0.3) is 0 Å². The first-order valence-electron chi connectivity index (χ1n) is 6.61. The van der Waals surface area contributed by atoms with E-state index >= 15 is 0 Å². The van der Waals surface area contributed by atoms with Gasteiger partial charge in [0, 0.05) is 17.6 Å². The Morgan fingerprint density at radius 3 is 2.67 bits per heavy atom. The average Bonchev–Trinajstić information content (AvgIpc) is 2.92. The Hall–Kier alpha value is -1.30. The molecule has 0 amide bonds. The molecule has 6 heteroatoms. The van der Waals surface area contributed by atoms with E-state index in [0.717, 1.165) is 16.3 Å². The molecule has 2 rings (SSSR count). The number of benzene rings is 1. The van der Waals surface area contributed by atoms with E-state index in [1.807, 2.05) is 19.1 Å². The fraction of sp³-hybridized carbons (Fsp3) is 0.400. The number of hydrogen-bond donors (Lipinski definition) is 1. The molecule has 4 nitrogen and oxygen atoms in total. The minimum absolute atomic E-state index is 0.174. The van der Waals surface area contributed by atoms with Crippen molar-refractivity contribution in [3.63, 3.8) is 0 Å². The smallest absolute Gasteiger partial charge is 0.179 e. The van der Waals surface area contributed by atoms with Gasteiger partial charge in [0.2, 0.25) is 0 Å². The van der Waals surface area contributed by atoms with Crippen molar-refractivity contribution >= 4 is 22.9 Å². The predicted molar refractivity (Wildman–Crippen MR) is 86.7 cm³/mol. The summed E-state index contributed by atoms with van der Waals surface area (Å²) in [7, 11) is 3.18. The van der Waals surface area contributed by atoms with Crippen molar-refractivity contribution < 1.29 is 9.47 Å². The monoisotopic (exact) mass is 326 g/mol. The van der Waals surface area contributed by atoms with Gasteiger partial charge in [-0.1, -0.05) is 17.7 Å². The number of hydrogen-bond acceptors (Lipinski definition) is 5. The Morgan fingerprint density at radius 1 is 1.33 bits per heavy atom. The largest absolute Gasteiger partial charge is 0.493 e. The van der Waals surface area contributed by atoms with Crippen LogP contribution in [0.1, 0.15) is 29.2 Å². The highest BCUT2D eigenvalue weighted by Crippen LogP contribution is 2.37. The standard InChI is InChI=1S/C15H19ClN2O2S/c1-9-8-21-15(18-9)10(2)17-7-11-5-6-12(19-3)14(20-4)13(11)16/h5-6,8,10,17H,7H2,1-4H3. The summed E-state index contributed by atoms with van der Waals surface area (Å²) in [6, 6.07) is 3.98. The highest BCUT2D eigenvalue weighted by Gasteiger charge is 2.14. The van der Waals surface area contributed by atoms with Gasteiger partial charge in [-0.25, -0.2) is 4.98 Å². The number of aryl methyl sites for hydroxylation is 1. The van der Waals surface area contributed by atoms with E-state index in [9.17, 15) is 0 Å². The second-order valence-electron chi connectivity index (χ2n) is 4.70. The Balaban J connectivity index is 2.10. The zero-order valence-corrected chi connectivity index (χ0v) is 14.1. The van der Waals surface area contributed by atoms with Crippen LogP contribution >= 0.6 is 22.9 Å². The lowest BCUT2D eigenvalue weighted by atomic mass is 10.2. The van der Waals surface area contributed by atoms with Gasteiger partial charge in [0.15, 0.2) is 11.5 Å². The van der Waals surface area contributed by atoms with Gasteiger partial charge in [-0.2, -0.15) is 0 Å². The molecular formula is C15H19ClN2O2S. The van der Waals surface area contributed by atoms with Crippen molar-refractivity contribution in [3.05, 3.63) is 38.8 Å². The lowest BCUT2D eigenvalue weighted by Crippen LogP contribution is -2.18. The summed E-state index contributed by atoms with van der Waals surface area (Å²) in [6.45, 7) is 4.73. The van der Waals surface area contributed by atoms with Gasteiger partial charge in [0.25, 0.3) is 0 Å². The van der Waals surface area contributed by atoms with Gasteiger partial charge >= 0.3 is 0 Å². The Morgan fingerprint density at radius 2 is 2.10 bits per heavy atom. The predicted octanol–water partition coefficient (Wildman–Crippen LogP) is 3.97. The fourth-order valence-corrected chi connectivity index (χ4v) is 3.12. The number of methoxy groups -OCH3 is 2. The van der Waals surface area contributed by atoms with E-state index < -0.39 is 0 Å². The molecule has 0 saturated heterocycles. The summed E-state index contributed by atoms with van der Waals surface area (Å²) >= 11 is 8.03. The maximum Gasteiger partial charge on any atom is 0.179 e. The van der Waals surface area contributed by atoms with Crippen LogP contribution in [-0.4, -0.2) is 19.2 Å². The van der Waals surface area contributed by atoms with Crippen molar-refractivity contribution in [2.75, 3.05) is 14.2 Å². The number of rotatable bonds is 6. The molecule has 0 spiro atoms. The van der Waals surface area contributed by atoms with Gasteiger partial charge < -0.3 is 14.8 Å². The first-order chi connectivity index (χ1) is 10.1. The minimum Gasteiger partial charge on any atom is -0.493 e. The third kappa shape index (κ3) is 3.67. The number of thiazole rings is 1. The second-order valence-corrected chi connectivity index (χ2v) is 5.97. The average molecular weight is 327 g/mol. The maximum absolute atomic E-state index is 6.37. The van der Waals surface area contributed by atoms with Crippen molar-refractivity contribution in [2.24, 2.45) is 0 Å². The van der Waals surface area contributed by atoms with Gasteiger partial charge in [-0.3, -0.25) is 0 Å². The zero-order chi connectivity index (χ0) is 15.4. The summed E-state index contributed by atoms with van der Waals surface area (Å²) in [5.41, 5.74) is 2.02. The number of aromatic nitrogens is 1. The molecule has 0 radical (unpaired) electrons. The highest BCUT2D eigenvalue weighted by atomic mass is 35.5. The molecule has 21 heavy (non-hydrogen) atoms. The van der Waals surface area contributed by atoms with E-state index in [-0.39, 0.29) is 6.04 Å². The summed E-state index contributed by atoms with van der Waals surface area (Å²) in [5.74, 6) is 1.20. The van der Waals surface area contributed by atoms with Crippen molar-refractivity contribution in [1.82, 2.24) is 10.3 Å². The van der Waals surface area contributed by atoms with Crippen LogP contribution in [0.4, 0.5) is 0 Å². The molecule has 0 fully saturated rings. The quantitative estimate of drug-likeness (QED) is 0.872. The van der Waals surface area contributed by atoms with Crippen molar-refractivity contribution in [3.8, 4) is 11.5 Å². The molecule has 114 valence electrons. The summed E-state index contributed by atoms with van der Waals surface area (Å²) in [6.07, 6.45) is 0. The highest BCUT2D eigenvalue weighted by molar-refractivity contribution is 7.09. The molecular weight excluding hydrogens is 308 g/mol. The molecule has 1 aromatic carbocycles. The normalized spacial score (nSPS) is 12.2. The summed E-state index contributed by atoms with van der Waals surface area (Å²) < 4.78 is 10.5. The molecule has 2 aromatic rings. The van der Waals surface area contributed by atoms with Gasteiger partial charge in [-0.05, 0) is 25.5 Å². The molecule has 1 unspecified atom stereocenters. The number of nitrogens with zero attached hydrogens (tertiary/aromatic N) is 1. The SMILES string of the molecule is COc1ccc(CNC(C)c2nc(C)cs2)c(Cl)c1OC. The van der Waals surface area contributed by atoms with Crippen molar-refractivity contribution in [2.45, 2.75) is 26.4 Å². The zero-order valence-electron chi connectivity index (χ0n) is 12.6. The minimum atomic E-state index is 0.174. The fourth-order valence-electron chi connectivity index (χ4n) is 1.99. The van der Waals surface area contributed by atoms with Crippen LogP contribution in [0.3, 0.4) is 0 Å². The van der Waals surface area contributed by atoms with Crippen LogP contribution in [0.2, 0.25) is 5.02 Å². The Kier molecular flexibility index (Phi) is 5.45. The Labute approximate surface area is 134 Å². The van der Waals surface area contributed by atoms with Crippen LogP contribution in [0.5, 0.6) is 11.5 Å². The van der Waals surface area contributed by atoms with Gasteiger partial charge in [-0.15, -0.1) is 11.3 Å². The molecule has 0 aliphatic rings. The topological polar surface area (TPSA) is 43.4 Å². The van der Waals surface area contributed by atoms with E-state index in [0.29, 0.717) is 23.1 Å². The lowest BCUT2D eigenvalue weighted by molar-refractivity contribution is 0.354. The molecule has 1 aromatic heterocycles. The third-order valence-corrected chi connectivity index (χ3v) is 4.73. The molecule has 0 saturated carbocycles. The van der Waals surface area contributed by atoms with Gasteiger partial charge in [0.05, 0.1) is 25.3 Å². The van der Waals surface area contributed by atoms with E-state index in [2.05, 4.69) is 22.6 Å². The molecule has 0 aliphatic heterocycles. The van der Waals surface area contributed by atoms with E-state index in [1.54, 1.807) is 25.6 Å². The maximum atomic E-state index is 6.37. The van der Waals surface area contributed by atoms with Crippen LogP contribution in [0.15, 0.2) is 17.5 Å². The molecule has 1 heterocycles. The number of ether oxygens (including phenoxy) is 2. The van der Waals surface area contributed by atoms with Crippen LogP contribution in [-0.2, 0) is 6.54 Å². The Bertz CT molecular complexity index is 616.